The van der Waals surface area contributed by atoms with Gasteiger partial charge in [-0.05, 0) is 89.8 Å². The summed E-state index contributed by atoms with van der Waals surface area (Å²) in [6, 6.07) is 26.2. The van der Waals surface area contributed by atoms with Gasteiger partial charge in [0.1, 0.15) is 0 Å². The summed E-state index contributed by atoms with van der Waals surface area (Å²) in [4.78, 5) is 4.88. The number of hydrogen-bond acceptors (Lipinski definition) is 6. The first-order chi connectivity index (χ1) is 25.1. The fourth-order valence-electron chi connectivity index (χ4n) is 9.23. The molecule has 0 spiro atoms. The molecule has 1 unspecified atom stereocenters. The van der Waals surface area contributed by atoms with Crippen LogP contribution >= 0.6 is 0 Å². The van der Waals surface area contributed by atoms with Gasteiger partial charge in [-0.15, -0.1) is 0 Å². The molecule has 2 heterocycles. The number of hydrogen-bond donors (Lipinski definition) is 2. The van der Waals surface area contributed by atoms with Crippen LogP contribution in [-0.2, 0) is 31.1 Å². The van der Waals surface area contributed by atoms with Crippen molar-refractivity contribution in [3.05, 3.63) is 95.7 Å². The summed E-state index contributed by atoms with van der Waals surface area (Å²) in [5.41, 5.74) is 6.08. The molecule has 1 atom stereocenters. The monoisotopic (exact) mass is 760 g/mol. The van der Waals surface area contributed by atoms with Crippen LogP contribution in [0.4, 0.5) is 11.4 Å². The summed E-state index contributed by atoms with van der Waals surface area (Å²) in [6.07, 6.45) is 11.0. The first-order valence-corrected chi connectivity index (χ1v) is 22.5. The van der Waals surface area contributed by atoms with Crippen LogP contribution < -0.4 is 9.80 Å². The van der Waals surface area contributed by atoms with E-state index in [1.165, 1.54) is 49.7 Å². The molecule has 0 aliphatic carbocycles. The highest BCUT2D eigenvalue weighted by Crippen LogP contribution is 2.52. The van der Waals surface area contributed by atoms with Crippen molar-refractivity contribution in [3.63, 3.8) is 0 Å². The Morgan fingerprint density at radius 2 is 1.17 bits per heavy atom. The van der Waals surface area contributed by atoms with E-state index in [-0.39, 0.29) is 28.4 Å². The highest BCUT2D eigenvalue weighted by atomic mass is 32.2. The second-order valence-corrected chi connectivity index (χ2v) is 19.3. The number of nitrogens with zero attached hydrogens (tertiary/aromatic N) is 2. The molecule has 2 N–H and O–H groups in total. The van der Waals surface area contributed by atoms with Crippen molar-refractivity contribution in [3.8, 4) is 0 Å². The van der Waals surface area contributed by atoms with Gasteiger partial charge in [0.25, 0.3) is 20.2 Å². The summed E-state index contributed by atoms with van der Waals surface area (Å²) < 4.78 is 64.2. The van der Waals surface area contributed by atoms with Crippen molar-refractivity contribution in [2.24, 2.45) is 0 Å². The Morgan fingerprint density at radius 3 is 1.79 bits per heavy atom. The molecular formula is C43H56N2O6S2. The maximum Gasteiger partial charge on any atom is 0.264 e. The van der Waals surface area contributed by atoms with E-state index in [2.05, 4.69) is 116 Å². The van der Waals surface area contributed by atoms with Crippen LogP contribution in [0.25, 0.3) is 21.5 Å². The Labute approximate surface area is 316 Å². The van der Waals surface area contributed by atoms with E-state index >= 15 is 0 Å². The quantitative estimate of drug-likeness (QED) is 0.0808. The Kier molecular flexibility index (Phi) is 11.7. The van der Waals surface area contributed by atoms with E-state index in [0.29, 0.717) is 32.2 Å². The van der Waals surface area contributed by atoms with Crippen LogP contribution in [0.2, 0.25) is 0 Å². The predicted octanol–water partition coefficient (Wildman–Crippen LogP) is 9.82. The van der Waals surface area contributed by atoms with Gasteiger partial charge in [0.2, 0.25) is 0 Å². The molecule has 0 fully saturated rings. The number of allylic oxidation sites excluding steroid dienone is 2. The van der Waals surface area contributed by atoms with Crippen molar-refractivity contribution in [1.82, 2.24) is 0 Å². The van der Waals surface area contributed by atoms with E-state index in [0.717, 1.165) is 45.1 Å². The largest absolute Gasteiger partial charge is 0.367 e. The summed E-state index contributed by atoms with van der Waals surface area (Å²) >= 11 is 0. The van der Waals surface area contributed by atoms with Crippen LogP contribution in [0.15, 0.2) is 84.6 Å². The third-order valence-corrected chi connectivity index (χ3v) is 13.3. The average molecular weight is 761 g/mol. The van der Waals surface area contributed by atoms with Crippen LogP contribution in [0.5, 0.6) is 0 Å². The zero-order valence-corrected chi connectivity index (χ0v) is 33.4. The smallest absolute Gasteiger partial charge is 0.264 e. The van der Waals surface area contributed by atoms with Gasteiger partial charge >= 0.3 is 0 Å². The van der Waals surface area contributed by atoms with E-state index in [1.54, 1.807) is 0 Å². The van der Waals surface area contributed by atoms with Crippen LogP contribution in [-0.4, -0.2) is 56.6 Å². The van der Waals surface area contributed by atoms with E-state index in [9.17, 15) is 25.9 Å². The molecule has 2 aliphatic rings. The molecular weight excluding hydrogens is 705 g/mol. The highest BCUT2D eigenvalue weighted by Gasteiger charge is 2.45. The molecule has 4 aromatic rings. The minimum atomic E-state index is -3.98. The van der Waals surface area contributed by atoms with Crippen molar-refractivity contribution in [1.29, 1.82) is 0 Å². The van der Waals surface area contributed by atoms with Crippen molar-refractivity contribution in [2.75, 3.05) is 34.4 Å². The lowest BCUT2D eigenvalue weighted by Crippen LogP contribution is -2.42. The van der Waals surface area contributed by atoms with Gasteiger partial charge in [-0.1, -0.05) is 114 Å². The minimum absolute atomic E-state index is 0.0816. The first-order valence-electron chi connectivity index (χ1n) is 19.3. The number of anilines is 2. The Hall–Kier alpha value is -3.44. The first kappa shape index (κ1) is 39.3. The molecule has 10 heteroatoms. The van der Waals surface area contributed by atoms with Crippen LogP contribution in [0.3, 0.4) is 0 Å². The second kappa shape index (κ2) is 15.7. The minimum Gasteiger partial charge on any atom is -0.367 e. The van der Waals surface area contributed by atoms with Crippen molar-refractivity contribution < 1.29 is 25.9 Å². The maximum absolute atomic E-state index is 11.4. The van der Waals surface area contributed by atoms with Gasteiger partial charge in [-0.3, -0.25) is 9.11 Å². The fourth-order valence-corrected chi connectivity index (χ4v) is 10.4. The lowest BCUT2D eigenvalue weighted by molar-refractivity contribution is 0.380. The summed E-state index contributed by atoms with van der Waals surface area (Å²) in [5, 5.41) is 4.98. The summed E-state index contributed by atoms with van der Waals surface area (Å²) in [5.74, 6) is -0.429. The van der Waals surface area contributed by atoms with Gasteiger partial charge in [0.15, 0.2) is 0 Å². The molecule has 53 heavy (non-hydrogen) atoms. The standard InChI is InChI=1S/C43H56N2O6S2/c1-42(2)38(44(28-14-16-30-52(46,47)48)36-26-24-32-18-10-12-20-34(32)40(36)42)22-8-6-5-7-9-23-39-43(3,4)41-35-21-13-11-19-33(35)25-27-37(41)45(39)29-15-17-31-53(49,50)51/h10-13,18-22,24-27,39H,5-9,14-17,23,28-31H2,1-4H3,(H,46,47,48)(H,49,50,51). The van der Waals surface area contributed by atoms with Crippen LogP contribution in [0.1, 0.15) is 103 Å². The molecule has 0 saturated heterocycles. The highest BCUT2D eigenvalue weighted by molar-refractivity contribution is 7.86. The predicted molar refractivity (Wildman–Crippen MR) is 220 cm³/mol. The molecule has 0 aromatic heterocycles. The topological polar surface area (TPSA) is 115 Å². The Bertz CT molecular complexity index is 2190. The van der Waals surface area contributed by atoms with E-state index in [1.807, 2.05) is 0 Å². The van der Waals surface area contributed by atoms with E-state index in [4.69, 9.17) is 0 Å². The molecule has 0 saturated carbocycles. The van der Waals surface area contributed by atoms with Gasteiger partial charge in [-0.25, -0.2) is 0 Å². The summed E-state index contributed by atoms with van der Waals surface area (Å²) in [7, 11) is -7.96. The number of unbranched alkanes of at least 4 members (excludes halogenated alkanes) is 6. The zero-order chi connectivity index (χ0) is 38.0. The zero-order valence-electron chi connectivity index (χ0n) is 31.7. The maximum atomic E-state index is 11.4. The molecule has 0 bridgehead atoms. The molecule has 6 rings (SSSR count). The third kappa shape index (κ3) is 8.61. The Morgan fingerprint density at radius 1 is 0.623 bits per heavy atom. The molecule has 0 amide bonds. The molecule has 8 nitrogen and oxygen atoms in total. The van der Waals surface area contributed by atoms with Gasteiger partial charge in [-0.2, -0.15) is 16.8 Å². The summed E-state index contributed by atoms with van der Waals surface area (Å²) in [6.45, 7) is 10.7. The van der Waals surface area contributed by atoms with Gasteiger partial charge in [0.05, 0.1) is 11.5 Å². The van der Waals surface area contributed by atoms with Crippen molar-refractivity contribution in [2.45, 2.75) is 109 Å². The third-order valence-electron chi connectivity index (χ3n) is 11.7. The number of rotatable bonds is 17. The molecule has 4 aromatic carbocycles. The van der Waals surface area contributed by atoms with Crippen molar-refractivity contribution >= 4 is 53.2 Å². The SMILES string of the molecule is CC1(C)C(=CCCCCCCC2N(CCCCS(=O)(=O)O)c3ccc4ccccc4c3C2(C)C)N(CCCCS(=O)(=O)O)c2ccc3ccccc3c21. The molecule has 286 valence electrons. The average Bonchev–Trinajstić information content (AvgIpc) is 3.45. The molecule has 0 radical (unpaired) electrons. The molecule has 2 aliphatic heterocycles. The lowest BCUT2D eigenvalue weighted by atomic mass is 9.76. The normalized spacial score (nSPS) is 18.7. The van der Waals surface area contributed by atoms with Crippen LogP contribution in [0, 0.1) is 0 Å². The van der Waals surface area contributed by atoms with E-state index < -0.39 is 20.2 Å². The lowest BCUT2D eigenvalue weighted by Gasteiger charge is -2.35. The van der Waals surface area contributed by atoms with Gasteiger partial charge in [0, 0.05) is 47.0 Å². The number of fused-ring (bicyclic) bond motifs is 6. The number of benzene rings is 4. The Balaban J connectivity index is 1.11. The fraction of sp³-hybridized carbons (Fsp3) is 0.488. The van der Waals surface area contributed by atoms with Gasteiger partial charge < -0.3 is 9.80 Å². The second-order valence-electron chi connectivity index (χ2n) is 16.1.